The Bertz CT molecular complexity index is 519. The molecule has 0 aliphatic rings. The molecule has 2 aromatic rings. The number of hydrazone groups is 1. The molecule has 0 radical (unpaired) electrons. The molecule has 0 unspecified atom stereocenters. The highest BCUT2D eigenvalue weighted by atomic mass is 79.9. The molecule has 0 fully saturated rings. The van der Waals surface area contributed by atoms with Crippen molar-refractivity contribution in [2.75, 3.05) is 0 Å². The lowest BCUT2D eigenvalue weighted by Crippen LogP contribution is -2.19. The Balaban J connectivity index is 1.82. The molecule has 2 aromatic heterocycles. The van der Waals surface area contributed by atoms with E-state index in [2.05, 4.69) is 26.5 Å². The standard InChI is InChI=1S/C11H9BrN2OS2/c12-10-4-3-9(17-10)7-13-14-11(15)6-8-2-1-5-16-8/h1-5,7H,6H2,(H,14,15)/b13-7+. The van der Waals surface area contributed by atoms with E-state index < -0.39 is 0 Å². The first-order valence-electron chi connectivity index (χ1n) is 4.83. The number of carbonyl (C=O) groups is 1. The van der Waals surface area contributed by atoms with Gasteiger partial charge in [0.05, 0.1) is 16.4 Å². The highest BCUT2D eigenvalue weighted by Crippen LogP contribution is 2.20. The zero-order valence-corrected chi connectivity index (χ0v) is 11.9. The van der Waals surface area contributed by atoms with Crippen molar-refractivity contribution in [3.63, 3.8) is 0 Å². The van der Waals surface area contributed by atoms with E-state index in [0.29, 0.717) is 6.42 Å². The number of halogens is 1. The third-order valence-corrected chi connectivity index (χ3v) is 4.32. The van der Waals surface area contributed by atoms with E-state index in [4.69, 9.17) is 0 Å². The lowest BCUT2D eigenvalue weighted by molar-refractivity contribution is -0.120. The number of nitrogens with zero attached hydrogens (tertiary/aromatic N) is 1. The van der Waals surface area contributed by atoms with Crippen LogP contribution in [0.4, 0.5) is 0 Å². The van der Waals surface area contributed by atoms with Crippen LogP contribution >= 0.6 is 38.6 Å². The maximum atomic E-state index is 11.5. The molecular formula is C11H9BrN2OS2. The third kappa shape index (κ3) is 4.07. The highest BCUT2D eigenvalue weighted by Gasteiger charge is 2.02. The smallest absolute Gasteiger partial charge is 0.245 e. The number of carbonyl (C=O) groups excluding carboxylic acids is 1. The number of hydrogen-bond donors (Lipinski definition) is 1. The van der Waals surface area contributed by atoms with Crippen LogP contribution < -0.4 is 5.43 Å². The molecule has 0 saturated carbocycles. The maximum Gasteiger partial charge on any atom is 0.245 e. The minimum Gasteiger partial charge on any atom is -0.273 e. The van der Waals surface area contributed by atoms with Gasteiger partial charge in [0, 0.05) is 9.75 Å². The van der Waals surface area contributed by atoms with E-state index in [0.717, 1.165) is 13.5 Å². The van der Waals surface area contributed by atoms with Crippen molar-refractivity contribution in [1.82, 2.24) is 5.43 Å². The zero-order chi connectivity index (χ0) is 12.1. The minimum atomic E-state index is -0.0979. The summed E-state index contributed by atoms with van der Waals surface area (Å²) >= 11 is 6.49. The number of rotatable bonds is 4. The van der Waals surface area contributed by atoms with Gasteiger partial charge < -0.3 is 0 Å². The molecule has 1 N–H and O–H groups in total. The fourth-order valence-electron chi connectivity index (χ4n) is 1.18. The van der Waals surface area contributed by atoms with Crippen molar-refractivity contribution in [3.8, 4) is 0 Å². The average Bonchev–Trinajstić information content (AvgIpc) is 2.90. The second kappa shape index (κ2) is 6.09. The second-order valence-electron chi connectivity index (χ2n) is 3.19. The van der Waals surface area contributed by atoms with Crippen LogP contribution in [0.3, 0.4) is 0 Å². The van der Waals surface area contributed by atoms with Crippen LogP contribution in [-0.2, 0) is 11.2 Å². The van der Waals surface area contributed by atoms with E-state index in [1.165, 1.54) is 0 Å². The summed E-state index contributed by atoms with van der Waals surface area (Å²) in [5, 5.41) is 5.86. The van der Waals surface area contributed by atoms with E-state index in [9.17, 15) is 4.79 Å². The highest BCUT2D eigenvalue weighted by molar-refractivity contribution is 9.11. The van der Waals surface area contributed by atoms with E-state index >= 15 is 0 Å². The van der Waals surface area contributed by atoms with Crippen molar-refractivity contribution in [3.05, 3.63) is 43.2 Å². The van der Waals surface area contributed by atoms with Crippen LogP contribution in [-0.4, -0.2) is 12.1 Å². The summed E-state index contributed by atoms with van der Waals surface area (Å²) in [5.74, 6) is -0.0979. The van der Waals surface area contributed by atoms with Gasteiger partial charge in [-0.15, -0.1) is 22.7 Å². The SMILES string of the molecule is O=C(Cc1cccs1)N/N=C/c1ccc(Br)s1. The topological polar surface area (TPSA) is 41.5 Å². The van der Waals surface area contributed by atoms with Crippen molar-refractivity contribution >= 4 is 50.7 Å². The predicted molar refractivity (Wildman–Crippen MR) is 75.8 cm³/mol. The van der Waals surface area contributed by atoms with E-state index in [-0.39, 0.29) is 5.91 Å². The normalized spacial score (nSPS) is 10.9. The molecule has 2 rings (SSSR count). The van der Waals surface area contributed by atoms with Crippen LogP contribution in [0.1, 0.15) is 9.75 Å². The third-order valence-electron chi connectivity index (χ3n) is 1.89. The van der Waals surface area contributed by atoms with Crippen LogP contribution in [0.2, 0.25) is 0 Å². The van der Waals surface area contributed by atoms with Gasteiger partial charge in [-0.1, -0.05) is 6.07 Å². The van der Waals surface area contributed by atoms with Crippen molar-refractivity contribution in [1.29, 1.82) is 0 Å². The molecule has 0 atom stereocenters. The summed E-state index contributed by atoms with van der Waals surface area (Å²) in [6.45, 7) is 0. The molecule has 0 aliphatic heterocycles. The molecule has 0 spiro atoms. The van der Waals surface area contributed by atoms with Gasteiger partial charge in [0.15, 0.2) is 0 Å². The zero-order valence-electron chi connectivity index (χ0n) is 8.72. The van der Waals surface area contributed by atoms with Crippen LogP contribution in [0, 0.1) is 0 Å². The number of amides is 1. The number of thiophene rings is 2. The van der Waals surface area contributed by atoms with Crippen LogP contribution in [0.15, 0.2) is 38.5 Å². The van der Waals surface area contributed by atoms with Crippen LogP contribution in [0.5, 0.6) is 0 Å². The second-order valence-corrected chi connectivity index (χ2v) is 6.72. The molecule has 0 saturated heterocycles. The molecular weight excluding hydrogens is 320 g/mol. The lowest BCUT2D eigenvalue weighted by atomic mass is 10.3. The Kier molecular flexibility index (Phi) is 4.47. The Morgan fingerprint density at radius 3 is 3.00 bits per heavy atom. The fraction of sp³-hybridized carbons (Fsp3) is 0.0909. The van der Waals surface area contributed by atoms with Crippen LogP contribution in [0.25, 0.3) is 0 Å². The Morgan fingerprint density at radius 2 is 2.35 bits per heavy atom. The van der Waals surface area contributed by atoms with Gasteiger partial charge in [0.2, 0.25) is 5.91 Å². The van der Waals surface area contributed by atoms with Gasteiger partial charge in [0.25, 0.3) is 0 Å². The molecule has 2 heterocycles. The fourth-order valence-corrected chi connectivity index (χ4v) is 3.18. The lowest BCUT2D eigenvalue weighted by Gasteiger charge is -1.96. The average molecular weight is 329 g/mol. The molecule has 0 aromatic carbocycles. The van der Waals surface area contributed by atoms with Gasteiger partial charge in [-0.05, 0) is 39.5 Å². The van der Waals surface area contributed by atoms with E-state index in [1.54, 1.807) is 28.9 Å². The molecule has 88 valence electrons. The molecule has 17 heavy (non-hydrogen) atoms. The van der Waals surface area contributed by atoms with Gasteiger partial charge in [0.1, 0.15) is 0 Å². The minimum absolute atomic E-state index is 0.0979. The first-order chi connectivity index (χ1) is 8.24. The van der Waals surface area contributed by atoms with Crippen molar-refractivity contribution in [2.45, 2.75) is 6.42 Å². The summed E-state index contributed by atoms with van der Waals surface area (Å²) in [4.78, 5) is 13.5. The first kappa shape index (κ1) is 12.5. The summed E-state index contributed by atoms with van der Waals surface area (Å²) < 4.78 is 1.05. The summed E-state index contributed by atoms with van der Waals surface area (Å²) in [6.07, 6.45) is 2.02. The molecule has 1 amide bonds. The summed E-state index contributed by atoms with van der Waals surface area (Å²) in [5.41, 5.74) is 2.51. The largest absolute Gasteiger partial charge is 0.273 e. The van der Waals surface area contributed by atoms with Crippen molar-refractivity contribution in [2.24, 2.45) is 5.10 Å². The monoisotopic (exact) mass is 328 g/mol. The van der Waals surface area contributed by atoms with Gasteiger partial charge >= 0.3 is 0 Å². The van der Waals surface area contributed by atoms with Crippen molar-refractivity contribution < 1.29 is 4.79 Å². The predicted octanol–water partition coefficient (Wildman–Crippen LogP) is 3.26. The summed E-state index contributed by atoms with van der Waals surface area (Å²) in [6, 6.07) is 7.74. The van der Waals surface area contributed by atoms with Gasteiger partial charge in [-0.3, -0.25) is 4.79 Å². The molecule has 0 aliphatic carbocycles. The van der Waals surface area contributed by atoms with Gasteiger partial charge in [-0.25, -0.2) is 5.43 Å². The Morgan fingerprint density at radius 1 is 1.47 bits per heavy atom. The Hall–Kier alpha value is -0.980. The van der Waals surface area contributed by atoms with E-state index in [1.807, 2.05) is 29.6 Å². The molecule has 0 bridgehead atoms. The number of hydrogen-bond acceptors (Lipinski definition) is 4. The first-order valence-corrected chi connectivity index (χ1v) is 7.32. The quantitative estimate of drug-likeness (QED) is 0.679. The number of nitrogens with one attached hydrogen (secondary N) is 1. The molecule has 6 heteroatoms. The maximum absolute atomic E-state index is 11.5. The Labute approximate surface area is 115 Å². The van der Waals surface area contributed by atoms with Gasteiger partial charge in [-0.2, -0.15) is 5.10 Å². The molecule has 3 nitrogen and oxygen atoms in total. The summed E-state index contributed by atoms with van der Waals surface area (Å²) in [7, 11) is 0.